The first-order valence-electron chi connectivity index (χ1n) is 11.1. The predicted octanol–water partition coefficient (Wildman–Crippen LogP) is 2.32. The van der Waals surface area contributed by atoms with Gasteiger partial charge in [0.05, 0.1) is 0 Å². The number of rotatable bonds is 14. The largest absolute Gasteiger partial charge is 0.480 e. The molecule has 0 aliphatic carbocycles. The van der Waals surface area contributed by atoms with Crippen LogP contribution in [0.5, 0.6) is 0 Å². The third-order valence-electron chi connectivity index (χ3n) is 5.54. The number of aliphatic carboxylic acids is 1. The Kier molecular flexibility index (Phi) is 10.8. The Morgan fingerprint density at radius 3 is 2.75 bits per heavy atom. The average Bonchev–Trinajstić information content (AvgIpc) is 2.76. The van der Waals surface area contributed by atoms with E-state index in [1.165, 1.54) is 19.6 Å². The number of carbonyl (C=O) groups is 2. The fraction of sp³-hybridized carbons (Fsp3) is 0.682. The van der Waals surface area contributed by atoms with Crippen LogP contribution in [0.25, 0.3) is 0 Å². The highest BCUT2D eigenvalue weighted by atomic mass is 19.3. The molecule has 1 aliphatic heterocycles. The number of nitrogens with zero attached hydrogens (tertiary/aromatic N) is 2. The summed E-state index contributed by atoms with van der Waals surface area (Å²) in [7, 11) is 1.24. The Bertz CT molecular complexity index is 751. The number of ether oxygens (including phenoxy) is 1. The summed E-state index contributed by atoms with van der Waals surface area (Å²) in [6.45, 7) is 2.93. The number of unbranched alkanes of at least 4 members (excludes halogenated alkanes) is 1. The van der Waals surface area contributed by atoms with Gasteiger partial charge in [-0.3, -0.25) is 4.79 Å². The van der Waals surface area contributed by atoms with Crippen molar-refractivity contribution in [3.05, 3.63) is 23.4 Å². The number of amides is 1. The summed E-state index contributed by atoms with van der Waals surface area (Å²) in [5, 5.41) is 15.0. The zero-order chi connectivity index (χ0) is 23.5. The second kappa shape index (κ2) is 13.3. The quantitative estimate of drug-likeness (QED) is 0.369. The lowest BCUT2D eigenvalue weighted by Gasteiger charge is -2.27. The SMILES string of the molecule is COC(CN(CCCCc1ccc2c(n1)NCCC2)CCC(NC(C)=O)C(=O)O)C(F)F. The molecule has 2 unspecified atom stereocenters. The molecule has 1 aromatic heterocycles. The Balaban J connectivity index is 1.89. The normalized spacial score (nSPS) is 15.2. The van der Waals surface area contributed by atoms with E-state index in [9.17, 15) is 23.5 Å². The molecule has 0 saturated heterocycles. The van der Waals surface area contributed by atoms with Gasteiger partial charge in [-0.15, -0.1) is 0 Å². The van der Waals surface area contributed by atoms with Crippen molar-refractivity contribution in [3.63, 3.8) is 0 Å². The minimum atomic E-state index is -2.64. The number of carbonyl (C=O) groups excluding carboxylic acids is 1. The molecule has 2 rings (SSSR count). The van der Waals surface area contributed by atoms with Crippen LogP contribution < -0.4 is 10.6 Å². The van der Waals surface area contributed by atoms with E-state index in [1.807, 2.05) is 6.07 Å². The first kappa shape index (κ1) is 25.9. The van der Waals surface area contributed by atoms with Crippen molar-refractivity contribution >= 4 is 17.7 Å². The fourth-order valence-electron chi connectivity index (χ4n) is 3.77. The summed E-state index contributed by atoms with van der Waals surface area (Å²) in [4.78, 5) is 29.0. The molecule has 0 aromatic carbocycles. The van der Waals surface area contributed by atoms with E-state index < -0.39 is 30.4 Å². The highest BCUT2D eigenvalue weighted by Gasteiger charge is 2.25. The second-order valence-electron chi connectivity index (χ2n) is 8.09. The Labute approximate surface area is 187 Å². The van der Waals surface area contributed by atoms with Crippen molar-refractivity contribution in [1.29, 1.82) is 0 Å². The maximum atomic E-state index is 13.2. The number of anilines is 1. The number of hydrogen-bond acceptors (Lipinski definition) is 6. The van der Waals surface area contributed by atoms with E-state index in [4.69, 9.17) is 4.74 Å². The standard InChI is InChI=1S/C22H34F2N4O4/c1-15(29)26-18(22(30)31)10-13-28(14-19(32-2)20(23)24)12-4-3-7-17-9-8-16-6-5-11-25-21(16)27-17/h8-9,18-20H,3-7,10-14H2,1-2H3,(H,25,27)(H,26,29)(H,30,31). The molecule has 2 atom stereocenters. The third kappa shape index (κ3) is 8.66. The van der Waals surface area contributed by atoms with Crippen molar-refractivity contribution in [1.82, 2.24) is 15.2 Å². The molecule has 10 heteroatoms. The molecule has 0 spiro atoms. The lowest BCUT2D eigenvalue weighted by molar-refractivity contribution is -0.141. The van der Waals surface area contributed by atoms with Gasteiger partial charge >= 0.3 is 5.97 Å². The van der Waals surface area contributed by atoms with Crippen LogP contribution >= 0.6 is 0 Å². The predicted molar refractivity (Wildman–Crippen MR) is 117 cm³/mol. The summed E-state index contributed by atoms with van der Waals surface area (Å²) in [6.07, 6.45) is 0.697. The van der Waals surface area contributed by atoms with Crippen molar-refractivity contribution in [2.75, 3.05) is 38.6 Å². The van der Waals surface area contributed by atoms with E-state index >= 15 is 0 Å². The number of carboxylic acids is 1. The molecule has 2 heterocycles. The Hall–Kier alpha value is -2.33. The van der Waals surface area contributed by atoms with Gasteiger partial charge in [-0.1, -0.05) is 6.07 Å². The summed E-state index contributed by atoms with van der Waals surface area (Å²) in [5.41, 5.74) is 2.22. The van der Waals surface area contributed by atoms with E-state index in [2.05, 4.69) is 21.7 Å². The van der Waals surface area contributed by atoms with E-state index in [0.29, 0.717) is 6.54 Å². The van der Waals surface area contributed by atoms with Crippen LogP contribution in [0.1, 0.15) is 43.9 Å². The molecule has 0 radical (unpaired) electrons. The topological polar surface area (TPSA) is 104 Å². The first-order valence-corrected chi connectivity index (χ1v) is 11.1. The number of aromatic nitrogens is 1. The van der Waals surface area contributed by atoms with Crippen LogP contribution in [0, 0.1) is 0 Å². The van der Waals surface area contributed by atoms with Crippen molar-refractivity contribution in [3.8, 4) is 0 Å². The highest BCUT2D eigenvalue weighted by molar-refractivity contribution is 5.82. The molecule has 0 bridgehead atoms. The molecule has 0 fully saturated rings. The molecule has 1 aromatic rings. The number of nitrogens with one attached hydrogen (secondary N) is 2. The van der Waals surface area contributed by atoms with Crippen LogP contribution in [0.15, 0.2) is 12.1 Å². The number of alkyl halides is 2. The van der Waals surface area contributed by atoms with Gasteiger partial charge in [0.15, 0.2) is 0 Å². The summed E-state index contributed by atoms with van der Waals surface area (Å²) >= 11 is 0. The minimum absolute atomic E-state index is 0.0123. The molecular weight excluding hydrogens is 422 g/mol. The van der Waals surface area contributed by atoms with Gasteiger partial charge in [-0.2, -0.15) is 0 Å². The lowest BCUT2D eigenvalue weighted by Crippen LogP contribution is -2.44. The zero-order valence-electron chi connectivity index (χ0n) is 18.8. The molecule has 0 saturated carbocycles. The van der Waals surface area contributed by atoms with Crippen molar-refractivity contribution < 1.29 is 28.2 Å². The number of aryl methyl sites for hydroxylation is 2. The maximum Gasteiger partial charge on any atom is 0.326 e. The molecule has 1 aliphatic rings. The summed E-state index contributed by atoms with van der Waals surface area (Å²) in [5.74, 6) is -0.643. The highest BCUT2D eigenvalue weighted by Crippen LogP contribution is 2.20. The number of hydrogen-bond donors (Lipinski definition) is 3. The molecule has 1 amide bonds. The van der Waals surface area contributed by atoms with Gasteiger partial charge in [0.2, 0.25) is 5.91 Å². The number of fused-ring (bicyclic) bond motifs is 1. The lowest BCUT2D eigenvalue weighted by atomic mass is 10.1. The molecular formula is C22H34F2N4O4. The molecule has 180 valence electrons. The van der Waals surface area contributed by atoms with E-state index in [0.717, 1.165) is 50.2 Å². The molecule has 32 heavy (non-hydrogen) atoms. The Morgan fingerprint density at radius 2 is 2.09 bits per heavy atom. The molecule has 8 nitrogen and oxygen atoms in total. The van der Waals surface area contributed by atoms with Crippen molar-refractivity contribution in [2.45, 2.75) is 64.0 Å². The van der Waals surface area contributed by atoms with Crippen LogP contribution in [0.4, 0.5) is 14.6 Å². The van der Waals surface area contributed by atoms with Gasteiger partial charge in [0.1, 0.15) is 18.0 Å². The van der Waals surface area contributed by atoms with Crippen LogP contribution in [0.3, 0.4) is 0 Å². The van der Waals surface area contributed by atoms with E-state index in [1.54, 1.807) is 4.90 Å². The second-order valence-corrected chi connectivity index (χ2v) is 8.09. The van der Waals surface area contributed by atoms with Crippen LogP contribution in [-0.4, -0.2) is 78.7 Å². The van der Waals surface area contributed by atoms with Gasteiger partial charge in [-0.05, 0) is 56.7 Å². The number of methoxy groups -OCH3 is 1. The number of halogens is 2. The maximum absolute atomic E-state index is 13.2. The molecule has 3 N–H and O–H groups in total. The number of pyridine rings is 1. The fourth-order valence-corrected chi connectivity index (χ4v) is 3.77. The van der Waals surface area contributed by atoms with Crippen LogP contribution in [-0.2, 0) is 27.2 Å². The summed E-state index contributed by atoms with van der Waals surface area (Å²) < 4.78 is 31.3. The van der Waals surface area contributed by atoms with Crippen molar-refractivity contribution in [2.24, 2.45) is 0 Å². The monoisotopic (exact) mass is 456 g/mol. The Morgan fingerprint density at radius 1 is 1.31 bits per heavy atom. The van der Waals surface area contributed by atoms with E-state index in [-0.39, 0.29) is 19.5 Å². The van der Waals surface area contributed by atoms with Gasteiger partial charge in [0, 0.05) is 39.4 Å². The van der Waals surface area contributed by atoms with Gasteiger partial charge in [0.25, 0.3) is 6.43 Å². The number of carboxylic acid groups (broad SMARTS) is 1. The first-order chi connectivity index (χ1) is 15.3. The zero-order valence-corrected chi connectivity index (χ0v) is 18.8. The smallest absolute Gasteiger partial charge is 0.326 e. The van der Waals surface area contributed by atoms with Gasteiger partial charge in [-0.25, -0.2) is 18.6 Å². The third-order valence-corrected chi connectivity index (χ3v) is 5.54. The average molecular weight is 457 g/mol. The van der Waals surface area contributed by atoms with Gasteiger partial charge < -0.3 is 25.4 Å². The minimum Gasteiger partial charge on any atom is -0.480 e. The summed E-state index contributed by atoms with van der Waals surface area (Å²) in [6, 6.07) is 3.08. The van der Waals surface area contributed by atoms with Crippen LogP contribution in [0.2, 0.25) is 0 Å².